The van der Waals surface area contributed by atoms with Crippen molar-refractivity contribution in [2.75, 3.05) is 0 Å². The number of hydrogen-bond donors (Lipinski definition) is 0. The number of halogens is 1. The standard InChI is InChI=1S/C23H19ClN2O3/c1-12-9-17-19(10-13(12)2)28-21(16-7-5-6-8-18(16)24)22(20(17)27)29-23-25-14(3)11-15(4)26-23/h5-11H,1-4H3. The summed E-state index contributed by atoms with van der Waals surface area (Å²) in [5, 5.41) is 0.883. The summed E-state index contributed by atoms with van der Waals surface area (Å²) in [5.74, 6) is 0.262. The van der Waals surface area contributed by atoms with Crippen LogP contribution in [0.5, 0.6) is 11.8 Å². The highest BCUT2D eigenvalue weighted by atomic mass is 35.5. The van der Waals surface area contributed by atoms with Crippen molar-refractivity contribution in [2.24, 2.45) is 0 Å². The topological polar surface area (TPSA) is 65.2 Å². The Kier molecular flexibility index (Phi) is 4.84. The first-order chi connectivity index (χ1) is 13.8. The van der Waals surface area contributed by atoms with Crippen LogP contribution in [-0.2, 0) is 0 Å². The number of hydrogen-bond acceptors (Lipinski definition) is 5. The fraction of sp³-hybridized carbons (Fsp3) is 0.174. The molecule has 0 unspecified atom stereocenters. The SMILES string of the molecule is Cc1cc(C)nc(Oc2c(-c3ccccc3Cl)oc3cc(C)c(C)cc3c2=O)n1. The van der Waals surface area contributed by atoms with Crippen molar-refractivity contribution in [3.05, 3.63) is 80.2 Å². The predicted octanol–water partition coefficient (Wildman–Crippen LogP) is 5.93. The third kappa shape index (κ3) is 3.61. The van der Waals surface area contributed by atoms with E-state index in [9.17, 15) is 4.79 Å². The van der Waals surface area contributed by atoms with E-state index < -0.39 is 0 Å². The lowest BCUT2D eigenvalue weighted by molar-refractivity contribution is 0.421. The van der Waals surface area contributed by atoms with Crippen LogP contribution in [0.15, 0.2) is 51.7 Å². The molecule has 0 fully saturated rings. The number of benzene rings is 2. The van der Waals surface area contributed by atoms with Crippen molar-refractivity contribution >= 4 is 22.6 Å². The van der Waals surface area contributed by atoms with Crippen LogP contribution in [0.1, 0.15) is 22.5 Å². The minimum absolute atomic E-state index is 0.0128. The molecule has 2 aromatic carbocycles. The number of aryl methyl sites for hydroxylation is 4. The Bertz CT molecular complexity index is 1290. The molecule has 0 aliphatic rings. The van der Waals surface area contributed by atoms with Crippen LogP contribution in [0.3, 0.4) is 0 Å². The van der Waals surface area contributed by atoms with Crippen LogP contribution < -0.4 is 10.2 Å². The summed E-state index contributed by atoms with van der Waals surface area (Å²) in [6.07, 6.45) is 0. The average molecular weight is 407 g/mol. The third-order valence-electron chi connectivity index (χ3n) is 4.74. The lowest BCUT2D eigenvalue weighted by Gasteiger charge is -2.13. The molecule has 4 rings (SSSR count). The number of fused-ring (bicyclic) bond motifs is 1. The molecule has 2 aromatic heterocycles. The number of ether oxygens (including phenoxy) is 1. The Morgan fingerprint density at radius 1 is 0.931 bits per heavy atom. The molecule has 0 aliphatic heterocycles. The Hall–Kier alpha value is -3.18. The van der Waals surface area contributed by atoms with Crippen molar-refractivity contribution in [1.82, 2.24) is 9.97 Å². The van der Waals surface area contributed by atoms with E-state index in [0.717, 1.165) is 22.5 Å². The molecule has 0 aliphatic carbocycles. The molecule has 0 saturated carbocycles. The van der Waals surface area contributed by atoms with Crippen LogP contribution in [0.4, 0.5) is 0 Å². The van der Waals surface area contributed by atoms with Crippen LogP contribution in [0, 0.1) is 27.7 Å². The highest BCUT2D eigenvalue weighted by Gasteiger charge is 2.22. The highest BCUT2D eigenvalue weighted by Crippen LogP contribution is 2.37. The Morgan fingerprint density at radius 2 is 1.59 bits per heavy atom. The predicted molar refractivity (Wildman–Crippen MR) is 114 cm³/mol. The maximum atomic E-state index is 13.4. The maximum Gasteiger partial charge on any atom is 0.322 e. The van der Waals surface area contributed by atoms with E-state index in [1.54, 1.807) is 12.1 Å². The van der Waals surface area contributed by atoms with Gasteiger partial charge in [-0.05, 0) is 69.2 Å². The van der Waals surface area contributed by atoms with Gasteiger partial charge in [-0.3, -0.25) is 4.79 Å². The van der Waals surface area contributed by atoms with Gasteiger partial charge in [0.05, 0.1) is 10.4 Å². The minimum Gasteiger partial charge on any atom is -0.452 e. The molecule has 0 spiro atoms. The van der Waals surface area contributed by atoms with Gasteiger partial charge in [-0.15, -0.1) is 0 Å². The highest BCUT2D eigenvalue weighted by molar-refractivity contribution is 6.33. The van der Waals surface area contributed by atoms with Gasteiger partial charge in [0.1, 0.15) is 5.58 Å². The summed E-state index contributed by atoms with van der Waals surface area (Å²) in [5.41, 5.74) is 4.23. The van der Waals surface area contributed by atoms with Crippen LogP contribution in [0.2, 0.25) is 5.02 Å². The number of aromatic nitrogens is 2. The van der Waals surface area contributed by atoms with Gasteiger partial charge in [-0.2, -0.15) is 0 Å². The summed E-state index contributed by atoms with van der Waals surface area (Å²) in [6, 6.07) is 12.7. The van der Waals surface area contributed by atoms with Crippen molar-refractivity contribution in [1.29, 1.82) is 0 Å². The summed E-state index contributed by atoms with van der Waals surface area (Å²) < 4.78 is 12.0. The second-order valence-corrected chi connectivity index (χ2v) is 7.44. The molecule has 0 atom stereocenters. The van der Waals surface area contributed by atoms with Gasteiger partial charge in [-0.1, -0.05) is 23.7 Å². The summed E-state index contributed by atoms with van der Waals surface area (Å²) >= 11 is 6.40. The fourth-order valence-electron chi connectivity index (χ4n) is 3.18. The van der Waals surface area contributed by atoms with Gasteiger partial charge in [0, 0.05) is 17.0 Å². The van der Waals surface area contributed by atoms with E-state index >= 15 is 0 Å². The zero-order valence-electron chi connectivity index (χ0n) is 16.5. The van der Waals surface area contributed by atoms with Gasteiger partial charge in [0.2, 0.25) is 11.2 Å². The van der Waals surface area contributed by atoms with Crippen LogP contribution >= 0.6 is 11.6 Å². The van der Waals surface area contributed by atoms with Crippen molar-refractivity contribution in [3.8, 4) is 23.1 Å². The molecular formula is C23H19ClN2O3. The van der Waals surface area contributed by atoms with E-state index in [-0.39, 0.29) is 22.9 Å². The molecular weight excluding hydrogens is 388 g/mol. The largest absolute Gasteiger partial charge is 0.452 e. The summed E-state index contributed by atoms with van der Waals surface area (Å²) in [4.78, 5) is 22.0. The third-order valence-corrected chi connectivity index (χ3v) is 5.07. The van der Waals surface area contributed by atoms with E-state index in [2.05, 4.69) is 9.97 Å². The molecule has 5 nitrogen and oxygen atoms in total. The normalized spacial score (nSPS) is 11.1. The maximum absolute atomic E-state index is 13.4. The van der Waals surface area contributed by atoms with Gasteiger partial charge in [-0.25, -0.2) is 9.97 Å². The molecule has 0 amide bonds. The first-order valence-corrected chi connectivity index (χ1v) is 9.54. The van der Waals surface area contributed by atoms with E-state index in [0.29, 0.717) is 21.6 Å². The van der Waals surface area contributed by atoms with Gasteiger partial charge in [0.25, 0.3) is 0 Å². The van der Waals surface area contributed by atoms with E-state index in [1.165, 1.54) is 0 Å². The molecule has 6 heteroatoms. The molecule has 4 aromatic rings. The van der Waals surface area contributed by atoms with Gasteiger partial charge in [0.15, 0.2) is 5.76 Å². The summed E-state index contributed by atoms with van der Waals surface area (Å²) in [7, 11) is 0. The molecule has 146 valence electrons. The van der Waals surface area contributed by atoms with Gasteiger partial charge >= 0.3 is 6.01 Å². The first-order valence-electron chi connectivity index (χ1n) is 9.16. The molecule has 0 radical (unpaired) electrons. The van der Waals surface area contributed by atoms with Crippen LogP contribution in [-0.4, -0.2) is 9.97 Å². The average Bonchev–Trinajstić information content (AvgIpc) is 2.65. The number of rotatable bonds is 3. The summed E-state index contributed by atoms with van der Waals surface area (Å²) in [6.45, 7) is 7.60. The fourth-order valence-corrected chi connectivity index (χ4v) is 3.40. The zero-order valence-corrected chi connectivity index (χ0v) is 17.3. The second kappa shape index (κ2) is 7.33. The second-order valence-electron chi connectivity index (χ2n) is 7.04. The minimum atomic E-state index is -0.299. The van der Waals surface area contributed by atoms with Crippen molar-refractivity contribution < 1.29 is 9.15 Å². The van der Waals surface area contributed by atoms with Gasteiger partial charge < -0.3 is 9.15 Å². The molecule has 0 saturated heterocycles. The van der Waals surface area contributed by atoms with E-state index in [4.69, 9.17) is 20.8 Å². The lowest BCUT2D eigenvalue weighted by atomic mass is 10.0. The van der Waals surface area contributed by atoms with Crippen molar-refractivity contribution in [2.45, 2.75) is 27.7 Å². The number of nitrogens with zero attached hydrogens (tertiary/aromatic N) is 2. The quantitative estimate of drug-likeness (QED) is 0.422. The monoisotopic (exact) mass is 406 g/mol. The first kappa shape index (κ1) is 19.2. The zero-order chi connectivity index (χ0) is 20.7. The van der Waals surface area contributed by atoms with Crippen molar-refractivity contribution in [3.63, 3.8) is 0 Å². The Balaban J connectivity index is 2.03. The lowest BCUT2D eigenvalue weighted by Crippen LogP contribution is -2.09. The van der Waals surface area contributed by atoms with Crippen LogP contribution in [0.25, 0.3) is 22.3 Å². The smallest absolute Gasteiger partial charge is 0.322 e. The molecule has 0 bridgehead atoms. The van der Waals surface area contributed by atoms with E-state index in [1.807, 2.05) is 58.0 Å². The molecule has 29 heavy (non-hydrogen) atoms. The molecule has 2 heterocycles. The Morgan fingerprint density at radius 3 is 2.28 bits per heavy atom. The molecule has 0 N–H and O–H groups in total. The Labute approximate surface area is 173 Å².